The second kappa shape index (κ2) is 8.14. The lowest BCUT2D eigenvalue weighted by Crippen LogP contribution is -2.35. The van der Waals surface area contributed by atoms with E-state index in [4.69, 9.17) is 16.6 Å². The molecular formula is C19H22N4O2S. The van der Waals surface area contributed by atoms with E-state index >= 15 is 0 Å². The van der Waals surface area contributed by atoms with Crippen molar-refractivity contribution in [2.75, 3.05) is 0 Å². The van der Waals surface area contributed by atoms with Gasteiger partial charge in [-0.3, -0.25) is 14.5 Å². The molecule has 0 fully saturated rings. The number of aromatic nitrogens is 3. The summed E-state index contributed by atoms with van der Waals surface area (Å²) in [4.78, 5) is 12.4. The summed E-state index contributed by atoms with van der Waals surface area (Å²) >= 11 is 5.29. The Morgan fingerprint density at radius 2 is 2.12 bits per heavy atom. The number of amides is 1. The maximum atomic E-state index is 12.4. The van der Waals surface area contributed by atoms with E-state index in [0.717, 1.165) is 29.7 Å². The molecule has 3 aromatic rings. The molecule has 0 bridgehead atoms. The Hall–Kier alpha value is -2.67. The van der Waals surface area contributed by atoms with Crippen LogP contribution in [0.1, 0.15) is 24.7 Å². The molecular weight excluding hydrogens is 348 g/mol. The van der Waals surface area contributed by atoms with Gasteiger partial charge in [0.2, 0.25) is 5.91 Å². The Labute approximate surface area is 157 Å². The number of hydrogen-bond acceptors (Lipinski definition) is 4. The van der Waals surface area contributed by atoms with Crippen LogP contribution in [0.4, 0.5) is 0 Å². The lowest BCUT2D eigenvalue weighted by Gasteiger charge is -2.14. The molecule has 136 valence electrons. The zero-order valence-corrected chi connectivity index (χ0v) is 15.7. The SMILES string of the molecule is Cc1ccc(-c2n[nH]c(=S)n2CC(=O)N[C@@H](C)CCc2ccco2)cc1. The van der Waals surface area contributed by atoms with Crippen molar-refractivity contribution in [3.05, 3.63) is 58.8 Å². The van der Waals surface area contributed by atoms with E-state index in [1.807, 2.05) is 50.2 Å². The predicted molar refractivity (Wildman–Crippen MR) is 102 cm³/mol. The first-order valence-corrected chi connectivity index (χ1v) is 8.98. The molecule has 0 saturated heterocycles. The summed E-state index contributed by atoms with van der Waals surface area (Å²) in [5.41, 5.74) is 2.08. The fourth-order valence-corrected chi connectivity index (χ4v) is 2.93. The van der Waals surface area contributed by atoms with Crippen LogP contribution in [0.15, 0.2) is 47.1 Å². The highest BCUT2D eigenvalue weighted by Crippen LogP contribution is 2.17. The number of carbonyl (C=O) groups excluding carboxylic acids is 1. The van der Waals surface area contributed by atoms with Gasteiger partial charge in [0.25, 0.3) is 0 Å². The zero-order chi connectivity index (χ0) is 18.5. The molecule has 0 spiro atoms. The molecule has 0 radical (unpaired) electrons. The van der Waals surface area contributed by atoms with E-state index in [1.165, 1.54) is 0 Å². The lowest BCUT2D eigenvalue weighted by molar-refractivity contribution is -0.122. The Bertz CT molecular complexity index is 910. The van der Waals surface area contributed by atoms with Crippen LogP contribution in [0.5, 0.6) is 0 Å². The van der Waals surface area contributed by atoms with E-state index in [1.54, 1.807) is 10.8 Å². The summed E-state index contributed by atoms with van der Waals surface area (Å²) in [5.74, 6) is 1.49. The zero-order valence-electron chi connectivity index (χ0n) is 14.9. The van der Waals surface area contributed by atoms with Crippen LogP contribution in [-0.2, 0) is 17.8 Å². The number of aromatic amines is 1. The fraction of sp³-hybridized carbons (Fsp3) is 0.316. The van der Waals surface area contributed by atoms with Crippen LogP contribution in [0, 0.1) is 11.7 Å². The van der Waals surface area contributed by atoms with Crippen molar-refractivity contribution in [1.29, 1.82) is 0 Å². The van der Waals surface area contributed by atoms with Crippen LogP contribution in [0.2, 0.25) is 0 Å². The molecule has 1 aromatic carbocycles. The van der Waals surface area contributed by atoms with Gasteiger partial charge in [-0.25, -0.2) is 0 Å². The number of hydrogen-bond donors (Lipinski definition) is 2. The normalized spacial score (nSPS) is 12.1. The Morgan fingerprint density at radius 1 is 1.35 bits per heavy atom. The molecule has 0 aliphatic rings. The molecule has 2 aromatic heterocycles. The largest absolute Gasteiger partial charge is 0.469 e. The molecule has 2 N–H and O–H groups in total. The van der Waals surface area contributed by atoms with Crippen molar-refractivity contribution in [2.45, 2.75) is 39.3 Å². The third-order valence-corrected chi connectivity index (χ3v) is 4.49. The highest BCUT2D eigenvalue weighted by Gasteiger charge is 2.14. The minimum absolute atomic E-state index is 0.0384. The van der Waals surface area contributed by atoms with E-state index in [9.17, 15) is 4.79 Å². The monoisotopic (exact) mass is 370 g/mol. The van der Waals surface area contributed by atoms with Crippen molar-refractivity contribution >= 4 is 18.1 Å². The van der Waals surface area contributed by atoms with Crippen LogP contribution >= 0.6 is 12.2 Å². The van der Waals surface area contributed by atoms with Gasteiger partial charge in [-0.1, -0.05) is 29.8 Å². The molecule has 3 rings (SSSR count). The third kappa shape index (κ3) is 4.49. The molecule has 0 saturated carbocycles. The first-order valence-electron chi connectivity index (χ1n) is 8.57. The summed E-state index contributed by atoms with van der Waals surface area (Å²) in [7, 11) is 0. The third-order valence-electron chi connectivity index (χ3n) is 4.18. The van der Waals surface area contributed by atoms with Gasteiger partial charge in [0, 0.05) is 18.0 Å². The molecule has 26 heavy (non-hydrogen) atoms. The topological polar surface area (TPSA) is 75.8 Å². The fourth-order valence-electron chi connectivity index (χ4n) is 2.74. The lowest BCUT2D eigenvalue weighted by atomic mass is 10.1. The van der Waals surface area contributed by atoms with E-state index < -0.39 is 0 Å². The van der Waals surface area contributed by atoms with Crippen molar-refractivity contribution in [3.8, 4) is 11.4 Å². The molecule has 6 nitrogen and oxygen atoms in total. The number of furan rings is 1. The van der Waals surface area contributed by atoms with Gasteiger partial charge in [-0.2, -0.15) is 5.10 Å². The van der Waals surface area contributed by atoms with Gasteiger partial charge in [0.15, 0.2) is 10.6 Å². The van der Waals surface area contributed by atoms with Crippen LogP contribution in [-0.4, -0.2) is 26.7 Å². The number of rotatable bonds is 7. The molecule has 2 heterocycles. The summed E-state index contributed by atoms with van der Waals surface area (Å²) in [5, 5.41) is 10.1. The van der Waals surface area contributed by atoms with Gasteiger partial charge < -0.3 is 9.73 Å². The number of aryl methyl sites for hydroxylation is 2. The minimum atomic E-state index is -0.0946. The Morgan fingerprint density at radius 3 is 2.81 bits per heavy atom. The van der Waals surface area contributed by atoms with Gasteiger partial charge in [-0.15, -0.1) is 0 Å². The number of nitrogens with zero attached hydrogens (tertiary/aromatic N) is 2. The summed E-state index contributed by atoms with van der Waals surface area (Å²) in [6, 6.07) is 11.8. The summed E-state index contributed by atoms with van der Waals surface area (Å²) in [6.45, 7) is 4.14. The maximum absolute atomic E-state index is 12.4. The molecule has 0 aliphatic carbocycles. The number of H-pyrrole nitrogens is 1. The molecule has 1 amide bonds. The van der Waals surface area contributed by atoms with Crippen molar-refractivity contribution in [2.24, 2.45) is 0 Å². The van der Waals surface area contributed by atoms with E-state index in [-0.39, 0.29) is 18.5 Å². The van der Waals surface area contributed by atoms with Crippen LogP contribution in [0.25, 0.3) is 11.4 Å². The number of nitrogens with one attached hydrogen (secondary N) is 2. The van der Waals surface area contributed by atoms with Gasteiger partial charge in [0.1, 0.15) is 12.3 Å². The van der Waals surface area contributed by atoms with Crippen molar-refractivity contribution < 1.29 is 9.21 Å². The first kappa shape index (κ1) is 18.1. The van der Waals surface area contributed by atoms with Crippen LogP contribution < -0.4 is 5.32 Å². The van der Waals surface area contributed by atoms with Crippen molar-refractivity contribution in [1.82, 2.24) is 20.1 Å². The second-order valence-corrected chi connectivity index (χ2v) is 6.78. The highest BCUT2D eigenvalue weighted by atomic mass is 32.1. The molecule has 1 atom stereocenters. The molecule has 0 aliphatic heterocycles. The molecule has 7 heteroatoms. The standard InChI is InChI=1S/C19H22N4O2S/c1-13-5-8-15(9-6-13)18-21-22-19(26)23(18)12-17(24)20-14(2)7-10-16-4-3-11-25-16/h3-6,8-9,11,14H,7,10,12H2,1-2H3,(H,20,24)(H,22,26)/t14-/m0/s1. The average Bonchev–Trinajstić information content (AvgIpc) is 3.25. The van der Waals surface area contributed by atoms with E-state index in [2.05, 4.69) is 15.5 Å². The number of benzene rings is 1. The van der Waals surface area contributed by atoms with Gasteiger partial charge in [0.05, 0.1) is 6.26 Å². The average molecular weight is 370 g/mol. The van der Waals surface area contributed by atoms with Gasteiger partial charge in [-0.05, 0) is 44.6 Å². The second-order valence-electron chi connectivity index (χ2n) is 6.39. The highest BCUT2D eigenvalue weighted by molar-refractivity contribution is 7.71. The maximum Gasteiger partial charge on any atom is 0.240 e. The minimum Gasteiger partial charge on any atom is -0.469 e. The first-order chi connectivity index (χ1) is 12.5. The van der Waals surface area contributed by atoms with E-state index in [0.29, 0.717) is 10.6 Å². The van der Waals surface area contributed by atoms with Crippen LogP contribution in [0.3, 0.4) is 0 Å². The predicted octanol–water partition coefficient (Wildman–Crippen LogP) is 3.65. The summed E-state index contributed by atoms with van der Waals surface area (Å²) < 4.78 is 7.47. The Balaban J connectivity index is 1.63. The number of carbonyl (C=O) groups is 1. The van der Waals surface area contributed by atoms with Gasteiger partial charge >= 0.3 is 0 Å². The summed E-state index contributed by atoms with van der Waals surface area (Å²) in [6.07, 6.45) is 3.25. The molecule has 0 unspecified atom stereocenters. The Kier molecular flexibility index (Phi) is 5.68. The quantitative estimate of drug-likeness (QED) is 0.623. The van der Waals surface area contributed by atoms with Crippen molar-refractivity contribution in [3.63, 3.8) is 0 Å². The smallest absolute Gasteiger partial charge is 0.240 e.